The summed E-state index contributed by atoms with van der Waals surface area (Å²) in [6.45, 7) is 17.6. The van der Waals surface area contributed by atoms with E-state index in [0.717, 1.165) is 35.9 Å². The van der Waals surface area contributed by atoms with Gasteiger partial charge in [-0.05, 0) is 109 Å². The minimum absolute atomic E-state index is 0.0908. The van der Waals surface area contributed by atoms with Gasteiger partial charge in [0.2, 0.25) is 0 Å². The molecule has 9 nitrogen and oxygen atoms in total. The second kappa shape index (κ2) is 8.94. The number of ether oxygens (including phenoxy) is 4. The molecule has 4 heterocycles. The smallest absolute Gasteiger partial charge is 0.303 e. The molecule has 1 spiro atoms. The highest BCUT2D eigenvalue weighted by atomic mass is 16.7. The first-order valence-electron chi connectivity index (χ1n) is 18.1. The summed E-state index contributed by atoms with van der Waals surface area (Å²) in [5.74, 6) is -0.0672. The second-order valence-corrected chi connectivity index (χ2v) is 18.4. The molecule has 1 aromatic carbocycles. The fourth-order valence-electron chi connectivity index (χ4n) is 12.9. The highest BCUT2D eigenvalue weighted by Gasteiger charge is 2.87. The summed E-state index contributed by atoms with van der Waals surface area (Å²) < 4.78 is 25.6. The maximum Gasteiger partial charge on any atom is 0.303 e. The van der Waals surface area contributed by atoms with Gasteiger partial charge in [-0.1, -0.05) is 13.8 Å². The van der Waals surface area contributed by atoms with E-state index in [0.29, 0.717) is 25.2 Å². The predicted octanol–water partition coefficient (Wildman–Crippen LogP) is 5.09. The van der Waals surface area contributed by atoms with Crippen molar-refractivity contribution < 1.29 is 38.7 Å². The third-order valence-corrected chi connectivity index (χ3v) is 15.0. The largest absolute Gasteiger partial charge is 0.457 e. The number of H-pyrrole nitrogens is 1. The predicted molar refractivity (Wildman–Crippen MR) is 177 cm³/mol. The number of aliphatic hydroxyl groups is 2. The Morgan fingerprint density at radius 3 is 2.44 bits per heavy atom. The van der Waals surface area contributed by atoms with Gasteiger partial charge in [0.25, 0.3) is 0 Å². The fourth-order valence-corrected chi connectivity index (χ4v) is 12.9. The van der Waals surface area contributed by atoms with Crippen LogP contribution in [0.3, 0.4) is 0 Å². The molecule has 0 amide bonds. The van der Waals surface area contributed by atoms with Crippen LogP contribution in [0.2, 0.25) is 0 Å². The summed E-state index contributed by atoms with van der Waals surface area (Å²) in [6, 6.07) is 4.10. The molecule has 3 aliphatic heterocycles. The average molecular weight is 662 g/mol. The summed E-state index contributed by atoms with van der Waals surface area (Å²) in [7, 11) is 0. The number of aromatic amines is 1. The van der Waals surface area contributed by atoms with Crippen molar-refractivity contribution in [3.8, 4) is 0 Å². The molecule has 0 radical (unpaired) electrons. The first kappa shape index (κ1) is 31.7. The van der Waals surface area contributed by atoms with E-state index < -0.39 is 69.2 Å². The third kappa shape index (κ3) is 3.42. The molecule has 3 saturated heterocycles. The van der Waals surface area contributed by atoms with Crippen molar-refractivity contribution in [1.29, 1.82) is 0 Å². The Hall–Kier alpha value is -2.30. The van der Waals surface area contributed by atoms with Gasteiger partial charge in [-0.15, -0.1) is 0 Å². The zero-order valence-electron chi connectivity index (χ0n) is 29.8. The van der Waals surface area contributed by atoms with Crippen molar-refractivity contribution >= 4 is 22.7 Å². The Morgan fingerprint density at radius 1 is 1.02 bits per heavy atom. The number of hydrogen-bond acceptors (Lipinski definition) is 8. The zero-order valence-corrected chi connectivity index (χ0v) is 29.8. The van der Waals surface area contributed by atoms with E-state index in [4.69, 9.17) is 18.9 Å². The lowest BCUT2D eigenvalue weighted by Crippen LogP contribution is -2.76. The molecule has 2 unspecified atom stereocenters. The minimum Gasteiger partial charge on any atom is -0.457 e. The van der Waals surface area contributed by atoms with Crippen LogP contribution in [0, 0.1) is 23.2 Å². The van der Waals surface area contributed by atoms with Gasteiger partial charge in [0, 0.05) is 45.8 Å². The molecule has 48 heavy (non-hydrogen) atoms. The SMILES string of the molecule is CC(=O)O[C@@H]1[C@@H](C(C)(C)O)OC2CC[C@@]3(C)[C@@](O)(CCC4Cc5c([nH]c6ccc7c(c56)C[C@@H]5[C@@H](C7=O)C(C)(C)OC5(C)C)[C@@]43C)[C@]23O[C@@H]13. The fraction of sp³-hybridized carbons (Fsp3) is 0.744. The van der Waals surface area contributed by atoms with Gasteiger partial charge in [-0.2, -0.15) is 0 Å². The van der Waals surface area contributed by atoms with E-state index in [1.807, 2.05) is 6.07 Å². The van der Waals surface area contributed by atoms with Gasteiger partial charge in [0.1, 0.15) is 17.8 Å². The number of Topliss-reactive ketones (excluding diaryl/α,β-unsaturated/α-hetero) is 1. The molecule has 9 rings (SSSR count). The molecule has 2 saturated carbocycles. The molecule has 5 fully saturated rings. The second-order valence-electron chi connectivity index (χ2n) is 18.4. The van der Waals surface area contributed by atoms with Crippen molar-refractivity contribution in [2.24, 2.45) is 23.2 Å². The first-order valence-corrected chi connectivity index (χ1v) is 18.1. The van der Waals surface area contributed by atoms with E-state index in [1.165, 1.54) is 23.6 Å². The Morgan fingerprint density at radius 2 is 1.75 bits per heavy atom. The van der Waals surface area contributed by atoms with Crippen LogP contribution < -0.4 is 0 Å². The molecule has 260 valence electrons. The molecule has 9 heteroatoms. The van der Waals surface area contributed by atoms with Gasteiger partial charge in [-0.3, -0.25) is 9.59 Å². The Balaban J connectivity index is 1.16. The lowest BCUT2D eigenvalue weighted by Gasteiger charge is -2.66. The van der Waals surface area contributed by atoms with Crippen LogP contribution in [0.25, 0.3) is 10.9 Å². The van der Waals surface area contributed by atoms with Gasteiger partial charge < -0.3 is 34.1 Å². The van der Waals surface area contributed by atoms with Crippen LogP contribution in [-0.4, -0.2) is 79.4 Å². The highest BCUT2D eigenvalue weighted by molar-refractivity contribution is 6.06. The van der Waals surface area contributed by atoms with Gasteiger partial charge >= 0.3 is 5.97 Å². The summed E-state index contributed by atoms with van der Waals surface area (Å²) in [5.41, 5.74) is -0.0474. The normalized spacial score (nSPS) is 46.1. The number of rotatable bonds is 2. The number of carbonyl (C=O) groups is 2. The van der Waals surface area contributed by atoms with Crippen molar-refractivity contribution in [3.63, 3.8) is 0 Å². The number of carbonyl (C=O) groups excluding carboxylic acids is 2. The summed E-state index contributed by atoms with van der Waals surface area (Å²) in [5, 5.41) is 25.5. The molecule has 11 atom stereocenters. The van der Waals surface area contributed by atoms with Crippen LogP contribution in [0.15, 0.2) is 12.1 Å². The Kier molecular flexibility index (Phi) is 5.90. The van der Waals surface area contributed by atoms with E-state index in [2.05, 4.69) is 52.6 Å². The lowest BCUT2D eigenvalue weighted by molar-refractivity contribution is -0.282. The first-order chi connectivity index (χ1) is 22.2. The number of esters is 1. The summed E-state index contributed by atoms with van der Waals surface area (Å²) in [6.07, 6.45) is 1.80. The monoisotopic (exact) mass is 661 g/mol. The number of benzene rings is 1. The van der Waals surface area contributed by atoms with Crippen molar-refractivity contribution in [2.75, 3.05) is 0 Å². The molecule has 3 N–H and O–H groups in total. The molecule has 0 bridgehead atoms. The van der Waals surface area contributed by atoms with E-state index in [-0.39, 0.29) is 17.6 Å². The lowest BCUT2D eigenvalue weighted by atomic mass is 9.40. The van der Waals surface area contributed by atoms with Crippen LogP contribution >= 0.6 is 0 Å². The van der Waals surface area contributed by atoms with Crippen LogP contribution in [0.4, 0.5) is 0 Å². The number of ketones is 1. The maximum atomic E-state index is 14.2. The van der Waals surface area contributed by atoms with Crippen molar-refractivity contribution in [1.82, 2.24) is 4.98 Å². The Bertz CT molecular complexity index is 1800. The number of hydrogen-bond donors (Lipinski definition) is 3. The van der Waals surface area contributed by atoms with Gasteiger partial charge in [0.15, 0.2) is 17.5 Å². The van der Waals surface area contributed by atoms with Crippen LogP contribution in [-0.2, 0) is 42.0 Å². The Labute approximate surface area is 282 Å². The van der Waals surface area contributed by atoms with E-state index >= 15 is 0 Å². The quantitative estimate of drug-likeness (QED) is 0.300. The van der Waals surface area contributed by atoms with Crippen molar-refractivity contribution in [2.45, 2.75) is 159 Å². The highest BCUT2D eigenvalue weighted by Crippen LogP contribution is 2.75. The minimum atomic E-state index is -1.27. The third-order valence-electron chi connectivity index (χ3n) is 15.0. The molecule has 7 aliphatic rings. The van der Waals surface area contributed by atoms with Crippen LogP contribution in [0.1, 0.15) is 115 Å². The zero-order chi connectivity index (χ0) is 34.4. The number of nitrogens with one attached hydrogen (secondary N) is 1. The summed E-state index contributed by atoms with van der Waals surface area (Å²) >= 11 is 0. The molecule has 4 aliphatic carbocycles. The van der Waals surface area contributed by atoms with E-state index in [9.17, 15) is 19.8 Å². The topological polar surface area (TPSA) is 131 Å². The maximum absolute atomic E-state index is 14.2. The molecular weight excluding hydrogens is 610 g/mol. The summed E-state index contributed by atoms with van der Waals surface area (Å²) in [4.78, 5) is 30.4. The molecule has 1 aromatic heterocycles. The molecular formula is C39H51NO8. The average Bonchev–Trinajstić information content (AvgIpc) is 3.47. The number of fused-ring (bicyclic) bond motifs is 10. The van der Waals surface area contributed by atoms with Crippen LogP contribution in [0.5, 0.6) is 0 Å². The standard InChI is InChI=1S/C39H51NO8/c1-18(41)45-29-31(33(2,3)43)46-25-13-14-36(8)37(9)19(12-15-38(36,44)39(25)32(29)47-39)16-22-26-21-17-23-27(35(6,7)48-34(23,4)5)28(42)20(21)10-11-24(26)40-30(22)37/h10-11,19,23,25,27,29,31-32,40,43-44H,12-17H2,1-9H3/t19?,23-,25?,27+,29-,31+,32+,36-,37-,38+,39+/m1/s1. The molecule has 2 aromatic rings. The number of aromatic nitrogens is 1. The number of epoxide rings is 1. The van der Waals surface area contributed by atoms with E-state index in [1.54, 1.807) is 13.8 Å². The van der Waals surface area contributed by atoms with Crippen molar-refractivity contribution in [3.05, 3.63) is 34.5 Å². The van der Waals surface area contributed by atoms with Gasteiger partial charge in [-0.25, -0.2) is 0 Å². The van der Waals surface area contributed by atoms with Gasteiger partial charge in [0.05, 0.1) is 28.8 Å².